The fraction of sp³-hybridized carbons (Fsp3) is 0.0545. The maximum Gasteiger partial charge on any atom is 0.277 e. The zero-order valence-electron chi connectivity index (χ0n) is 33.5. The Hall–Kier alpha value is -6.66. The fourth-order valence-corrected chi connectivity index (χ4v) is 13.1. The summed E-state index contributed by atoms with van der Waals surface area (Å²) in [6, 6.07) is 64.1. The lowest BCUT2D eigenvalue weighted by Gasteiger charge is -2.42. The Morgan fingerprint density at radius 3 is 1.65 bits per heavy atom. The van der Waals surface area contributed by atoms with Gasteiger partial charge in [-0.05, 0) is 119 Å². The molecule has 0 saturated heterocycles. The molecular weight excluding hydrogens is 764 g/mol. The minimum absolute atomic E-state index is 0.0935. The molecule has 2 aliphatic rings. The average Bonchev–Trinajstić information content (AvgIpc) is 3.85. The van der Waals surface area contributed by atoms with E-state index >= 15 is 0 Å². The minimum Gasteiger partial charge on any atom is -0.310 e. The van der Waals surface area contributed by atoms with Crippen LogP contribution in [-0.2, 0) is 0 Å². The second-order valence-corrected chi connectivity index (χ2v) is 18.8. The number of benzene rings is 9. The number of hydrogen-bond acceptors (Lipinski definition) is 4. The third-order valence-electron chi connectivity index (χ3n) is 13.0. The lowest BCUT2D eigenvalue weighted by molar-refractivity contribution is 1.27. The standard InChI is InChI=1S/C55H37BN2S2/c1-32-22-26-35(27-23-32)57-46-19-11-20-47-51(46)56(55-53(57)44-31-34(3)25-29-49(44)60-55)54-52(42-16-8-9-21-48(42)59-54)58(47)45-28-24-33(2)30-43(45)41-18-10-17-40-38-13-5-4-12-36(38)37-14-6-7-15-39(37)50(40)41/h4-31H,1-3H3. The molecule has 11 aromatic rings. The number of aryl methyl sites for hydroxylation is 3. The van der Waals surface area contributed by atoms with Gasteiger partial charge in [-0.2, -0.15) is 0 Å². The second kappa shape index (κ2) is 12.7. The van der Waals surface area contributed by atoms with E-state index in [0.717, 1.165) is 0 Å². The van der Waals surface area contributed by atoms with Gasteiger partial charge < -0.3 is 9.80 Å². The Labute approximate surface area is 357 Å². The molecule has 60 heavy (non-hydrogen) atoms. The highest BCUT2D eigenvalue weighted by molar-refractivity contribution is 7.40. The normalized spacial score (nSPS) is 13.2. The molecule has 0 N–H and O–H groups in total. The summed E-state index contributed by atoms with van der Waals surface area (Å²) in [5.41, 5.74) is 15.1. The van der Waals surface area contributed by atoms with Crippen LogP contribution in [0.4, 0.5) is 34.1 Å². The van der Waals surface area contributed by atoms with E-state index in [-0.39, 0.29) is 6.71 Å². The maximum absolute atomic E-state index is 2.64. The highest BCUT2D eigenvalue weighted by Crippen LogP contribution is 2.52. The molecule has 2 aliphatic heterocycles. The number of hydrogen-bond donors (Lipinski definition) is 0. The van der Waals surface area contributed by atoms with Gasteiger partial charge in [-0.3, -0.25) is 0 Å². The Morgan fingerprint density at radius 2 is 0.917 bits per heavy atom. The third-order valence-corrected chi connectivity index (χ3v) is 15.4. The van der Waals surface area contributed by atoms with Gasteiger partial charge in [0.25, 0.3) is 6.71 Å². The summed E-state index contributed by atoms with van der Waals surface area (Å²) in [6.45, 7) is 6.72. The van der Waals surface area contributed by atoms with Crippen LogP contribution in [-0.4, -0.2) is 6.71 Å². The predicted octanol–water partition coefficient (Wildman–Crippen LogP) is 14.3. The van der Waals surface area contributed by atoms with Crippen LogP contribution in [0.1, 0.15) is 16.7 Å². The van der Waals surface area contributed by atoms with Crippen LogP contribution in [0.5, 0.6) is 0 Å². The van der Waals surface area contributed by atoms with Crippen LogP contribution in [0, 0.1) is 20.8 Å². The zero-order valence-corrected chi connectivity index (χ0v) is 35.1. The summed E-state index contributed by atoms with van der Waals surface area (Å²) < 4.78 is 5.47. The average molecular weight is 801 g/mol. The van der Waals surface area contributed by atoms with E-state index in [9.17, 15) is 0 Å². The van der Waals surface area contributed by atoms with Crippen LogP contribution in [0.25, 0.3) is 63.6 Å². The van der Waals surface area contributed by atoms with Gasteiger partial charge in [0.1, 0.15) is 0 Å². The van der Waals surface area contributed by atoms with Gasteiger partial charge in [-0.15, -0.1) is 22.7 Å². The smallest absolute Gasteiger partial charge is 0.277 e. The summed E-state index contributed by atoms with van der Waals surface area (Å²) in [5.74, 6) is 0. The van der Waals surface area contributed by atoms with E-state index in [1.54, 1.807) is 0 Å². The lowest BCUT2D eigenvalue weighted by Crippen LogP contribution is -2.59. The van der Waals surface area contributed by atoms with E-state index in [0.29, 0.717) is 0 Å². The molecule has 0 fully saturated rings. The Kier molecular flexibility index (Phi) is 7.23. The summed E-state index contributed by atoms with van der Waals surface area (Å²) in [5, 5.41) is 10.4. The molecular formula is C55H37BN2S2. The van der Waals surface area contributed by atoms with Crippen LogP contribution in [0.15, 0.2) is 170 Å². The van der Waals surface area contributed by atoms with Crippen LogP contribution >= 0.6 is 22.7 Å². The van der Waals surface area contributed by atoms with E-state index in [1.807, 2.05) is 22.7 Å². The fourth-order valence-electron chi connectivity index (χ4n) is 10.4. The molecule has 0 bridgehead atoms. The minimum atomic E-state index is 0.0935. The van der Waals surface area contributed by atoms with Crippen LogP contribution < -0.4 is 24.8 Å². The Morgan fingerprint density at radius 1 is 0.383 bits per heavy atom. The molecule has 2 nitrogen and oxygen atoms in total. The van der Waals surface area contributed by atoms with Crippen molar-refractivity contribution >= 4 is 131 Å². The number of rotatable bonds is 3. The molecule has 4 heterocycles. The number of anilines is 6. The summed E-state index contributed by atoms with van der Waals surface area (Å²) in [4.78, 5) is 5.20. The van der Waals surface area contributed by atoms with Crippen molar-refractivity contribution in [3.05, 3.63) is 187 Å². The van der Waals surface area contributed by atoms with Gasteiger partial charge in [-0.1, -0.05) is 132 Å². The first kappa shape index (κ1) is 34.2. The van der Waals surface area contributed by atoms with Gasteiger partial charge in [0, 0.05) is 52.4 Å². The topological polar surface area (TPSA) is 6.48 Å². The molecule has 0 aliphatic carbocycles. The molecule has 0 radical (unpaired) electrons. The van der Waals surface area contributed by atoms with E-state index in [4.69, 9.17) is 0 Å². The Balaban J connectivity index is 1.15. The maximum atomic E-state index is 2.64. The largest absolute Gasteiger partial charge is 0.310 e. The molecule has 0 atom stereocenters. The third kappa shape index (κ3) is 4.70. The van der Waals surface area contributed by atoms with Crippen LogP contribution in [0.2, 0.25) is 0 Å². The van der Waals surface area contributed by atoms with E-state index < -0.39 is 0 Å². The van der Waals surface area contributed by atoms with Gasteiger partial charge in [-0.25, -0.2) is 0 Å². The van der Waals surface area contributed by atoms with Crippen LogP contribution in [0.3, 0.4) is 0 Å². The molecule has 2 aromatic heterocycles. The highest BCUT2D eigenvalue weighted by atomic mass is 32.1. The van der Waals surface area contributed by atoms with Crippen molar-refractivity contribution in [2.45, 2.75) is 20.8 Å². The highest BCUT2D eigenvalue weighted by Gasteiger charge is 2.47. The predicted molar refractivity (Wildman–Crippen MR) is 263 cm³/mol. The number of nitrogens with zero attached hydrogens (tertiary/aromatic N) is 2. The van der Waals surface area contributed by atoms with Crippen molar-refractivity contribution in [3.63, 3.8) is 0 Å². The molecule has 282 valence electrons. The lowest BCUT2D eigenvalue weighted by atomic mass is 9.39. The Bertz CT molecular complexity index is 3570. The summed E-state index contributed by atoms with van der Waals surface area (Å²) >= 11 is 3.94. The molecule has 0 saturated carbocycles. The van der Waals surface area contributed by atoms with E-state index in [2.05, 4.69) is 200 Å². The molecule has 0 spiro atoms. The van der Waals surface area contributed by atoms with E-state index in [1.165, 1.54) is 129 Å². The second-order valence-electron chi connectivity index (χ2n) is 16.6. The molecule has 0 unspecified atom stereocenters. The zero-order chi connectivity index (χ0) is 39.8. The summed E-state index contributed by atoms with van der Waals surface area (Å²) in [7, 11) is 0. The van der Waals surface area contributed by atoms with Crippen molar-refractivity contribution in [2.24, 2.45) is 0 Å². The molecule has 0 amide bonds. The summed E-state index contributed by atoms with van der Waals surface area (Å²) in [6.07, 6.45) is 0. The van der Waals surface area contributed by atoms with Crippen molar-refractivity contribution in [3.8, 4) is 11.1 Å². The molecule has 9 aromatic carbocycles. The van der Waals surface area contributed by atoms with Crippen molar-refractivity contribution < 1.29 is 0 Å². The quantitative estimate of drug-likeness (QED) is 0.130. The first-order chi connectivity index (χ1) is 29.5. The van der Waals surface area contributed by atoms with Gasteiger partial charge in [0.15, 0.2) is 0 Å². The molecule has 5 heteroatoms. The SMILES string of the molecule is Cc1ccc(N2c3cccc4c3B(c3sc5ccc(C)cc5c32)c2sc3ccccc3c2N4c2ccc(C)cc2-c2cccc3c4ccccc4c4ccccc4c23)cc1. The number of thiophene rings is 2. The van der Waals surface area contributed by atoms with Gasteiger partial charge in [0.05, 0.1) is 17.1 Å². The first-order valence-corrected chi connectivity index (χ1v) is 22.4. The molecule has 13 rings (SSSR count). The van der Waals surface area contributed by atoms with Gasteiger partial charge in [0.2, 0.25) is 0 Å². The van der Waals surface area contributed by atoms with Crippen molar-refractivity contribution in [1.82, 2.24) is 0 Å². The first-order valence-electron chi connectivity index (χ1n) is 20.8. The number of fused-ring (bicyclic) bond motifs is 14. The van der Waals surface area contributed by atoms with Crippen molar-refractivity contribution in [1.29, 1.82) is 0 Å². The van der Waals surface area contributed by atoms with Crippen molar-refractivity contribution in [2.75, 3.05) is 9.80 Å². The van der Waals surface area contributed by atoms with Gasteiger partial charge >= 0.3 is 0 Å². The monoisotopic (exact) mass is 800 g/mol.